The van der Waals surface area contributed by atoms with Gasteiger partial charge in [0.15, 0.2) is 11.5 Å². The molecule has 154 valence electrons. The quantitative estimate of drug-likeness (QED) is 0.711. The first-order valence-electron chi connectivity index (χ1n) is 9.24. The third-order valence-corrected chi connectivity index (χ3v) is 6.23. The molecule has 1 saturated heterocycles. The average Bonchev–Trinajstić information content (AvgIpc) is 3.22. The van der Waals surface area contributed by atoms with Crippen molar-refractivity contribution in [3.63, 3.8) is 0 Å². The Kier molecular flexibility index (Phi) is 5.62. The van der Waals surface area contributed by atoms with Crippen molar-refractivity contribution in [3.05, 3.63) is 41.5 Å². The number of methoxy groups -OCH3 is 3. The Balaban J connectivity index is 1.71. The lowest BCUT2D eigenvalue weighted by atomic mass is 10.1. The van der Waals surface area contributed by atoms with Gasteiger partial charge in [0.2, 0.25) is 12.7 Å². The zero-order chi connectivity index (χ0) is 20.4. The summed E-state index contributed by atoms with van der Waals surface area (Å²) in [5, 5.41) is -0.238. The lowest BCUT2D eigenvalue weighted by Gasteiger charge is -2.36. The number of ether oxygens (including phenoxy) is 5. The van der Waals surface area contributed by atoms with E-state index < -0.39 is 0 Å². The summed E-state index contributed by atoms with van der Waals surface area (Å²) in [6.45, 7) is 0.672. The second-order valence-corrected chi connectivity index (χ2v) is 7.82. The highest BCUT2D eigenvalue weighted by Crippen LogP contribution is 2.48. The fraction of sp³-hybridized carbons (Fsp3) is 0.381. The van der Waals surface area contributed by atoms with Crippen LogP contribution in [0.1, 0.15) is 22.9 Å². The lowest BCUT2D eigenvalue weighted by Crippen LogP contribution is -2.37. The molecule has 0 aliphatic carbocycles. The Bertz CT molecular complexity index is 893. The molecule has 0 N–H and O–H groups in total. The number of benzene rings is 2. The molecule has 2 aromatic rings. The minimum Gasteiger partial charge on any atom is -0.496 e. The van der Waals surface area contributed by atoms with Gasteiger partial charge in [-0.2, -0.15) is 0 Å². The monoisotopic (exact) mass is 417 g/mol. The number of hydrogen-bond donors (Lipinski definition) is 0. The van der Waals surface area contributed by atoms with Gasteiger partial charge in [0.1, 0.15) is 22.6 Å². The number of carbonyl (C=O) groups is 1. The van der Waals surface area contributed by atoms with Crippen LogP contribution in [0, 0.1) is 0 Å². The van der Waals surface area contributed by atoms with Gasteiger partial charge in [0, 0.05) is 30.9 Å². The van der Waals surface area contributed by atoms with Gasteiger partial charge in [-0.3, -0.25) is 4.79 Å². The number of amides is 1. The van der Waals surface area contributed by atoms with Crippen LogP contribution in [0.3, 0.4) is 0 Å². The zero-order valence-electron chi connectivity index (χ0n) is 16.6. The molecule has 0 saturated carbocycles. The van der Waals surface area contributed by atoms with Gasteiger partial charge in [-0.05, 0) is 17.7 Å². The molecular weight excluding hydrogens is 394 g/mol. The van der Waals surface area contributed by atoms with Crippen molar-refractivity contribution in [2.24, 2.45) is 0 Å². The maximum Gasteiger partial charge on any atom is 0.231 e. The molecule has 2 aliphatic rings. The normalized spacial score (nSPS) is 18.0. The average molecular weight is 417 g/mol. The summed E-state index contributed by atoms with van der Waals surface area (Å²) in [6.07, 6.45) is 0.493. The number of fused-ring (bicyclic) bond motifs is 1. The number of rotatable bonds is 6. The summed E-state index contributed by atoms with van der Waals surface area (Å²) < 4.78 is 27.5. The van der Waals surface area contributed by atoms with Crippen LogP contribution in [-0.2, 0) is 11.3 Å². The van der Waals surface area contributed by atoms with E-state index in [0.29, 0.717) is 36.0 Å². The van der Waals surface area contributed by atoms with Gasteiger partial charge in [0.05, 0.1) is 26.9 Å². The number of hydrogen-bond acceptors (Lipinski definition) is 7. The summed E-state index contributed by atoms with van der Waals surface area (Å²) in [6, 6.07) is 9.39. The smallest absolute Gasteiger partial charge is 0.231 e. The SMILES string of the molecule is COc1cc(OC)c(C2SCCC(=O)N2Cc2ccc3c(c2)OCO3)c(OC)c1. The van der Waals surface area contributed by atoms with E-state index in [-0.39, 0.29) is 18.1 Å². The summed E-state index contributed by atoms with van der Waals surface area (Å²) >= 11 is 1.69. The molecule has 1 unspecified atom stereocenters. The second kappa shape index (κ2) is 8.32. The van der Waals surface area contributed by atoms with E-state index in [0.717, 1.165) is 22.6 Å². The summed E-state index contributed by atoms with van der Waals surface area (Å²) in [5.74, 6) is 4.15. The van der Waals surface area contributed by atoms with Crippen LogP contribution in [0.5, 0.6) is 28.7 Å². The fourth-order valence-electron chi connectivity index (χ4n) is 3.54. The Morgan fingerprint density at radius 2 is 1.76 bits per heavy atom. The molecule has 29 heavy (non-hydrogen) atoms. The predicted octanol–water partition coefficient (Wildman–Crippen LogP) is 3.61. The zero-order valence-corrected chi connectivity index (χ0v) is 17.4. The largest absolute Gasteiger partial charge is 0.496 e. The maximum absolute atomic E-state index is 12.9. The maximum atomic E-state index is 12.9. The van der Waals surface area contributed by atoms with Crippen molar-refractivity contribution >= 4 is 17.7 Å². The van der Waals surface area contributed by atoms with Crippen LogP contribution in [0.15, 0.2) is 30.3 Å². The van der Waals surface area contributed by atoms with Gasteiger partial charge >= 0.3 is 0 Å². The molecular formula is C21H23NO6S. The molecule has 4 rings (SSSR count). The Labute approximate surface area is 173 Å². The van der Waals surface area contributed by atoms with Crippen LogP contribution in [0.2, 0.25) is 0 Å². The third-order valence-electron chi connectivity index (χ3n) is 4.99. The van der Waals surface area contributed by atoms with Crippen LogP contribution < -0.4 is 23.7 Å². The minimum atomic E-state index is -0.238. The van der Waals surface area contributed by atoms with Crippen molar-refractivity contribution in [3.8, 4) is 28.7 Å². The van der Waals surface area contributed by atoms with E-state index >= 15 is 0 Å². The highest BCUT2D eigenvalue weighted by Gasteiger charge is 2.34. The fourth-order valence-corrected chi connectivity index (χ4v) is 4.83. The van der Waals surface area contributed by atoms with Crippen LogP contribution in [0.4, 0.5) is 0 Å². The molecule has 0 bridgehead atoms. The van der Waals surface area contributed by atoms with Crippen molar-refractivity contribution in [2.45, 2.75) is 18.3 Å². The number of carbonyl (C=O) groups excluding carboxylic acids is 1. The molecule has 2 heterocycles. The Hall–Kier alpha value is -2.74. The third kappa shape index (κ3) is 3.76. The highest BCUT2D eigenvalue weighted by atomic mass is 32.2. The molecule has 0 radical (unpaired) electrons. The van der Waals surface area contributed by atoms with E-state index in [1.807, 2.05) is 35.2 Å². The standard InChI is InChI=1S/C21H23NO6S/c1-24-14-9-17(25-2)20(18(10-14)26-3)21-22(19(23)6-7-29-21)11-13-4-5-15-16(8-13)28-12-27-15/h4-5,8-10,21H,6-7,11-12H2,1-3H3. The van der Waals surface area contributed by atoms with E-state index in [4.69, 9.17) is 23.7 Å². The van der Waals surface area contributed by atoms with E-state index in [1.165, 1.54) is 0 Å². The number of thioether (sulfide) groups is 1. The molecule has 0 spiro atoms. The minimum absolute atomic E-state index is 0.0892. The topological polar surface area (TPSA) is 66.5 Å². The highest BCUT2D eigenvalue weighted by molar-refractivity contribution is 7.99. The lowest BCUT2D eigenvalue weighted by molar-refractivity contribution is -0.132. The summed E-state index contributed by atoms with van der Waals surface area (Å²) in [7, 11) is 4.81. The first-order chi connectivity index (χ1) is 14.1. The Morgan fingerprint density at radius 3 is 2.45 bits per heavy atom. The molecule has 1 amide bonds. The van der Waals surface area contributed by atoms with E-state index in [9.17, 15) is 4.79 Å². The molecule has 7 nitrogen and oxygen atoms in total. The van der Waals surface area contributed by atoms with Gasteiger partial charge in [-0.25, -0.2) is 0 Å². The first-order valence-corrected chi connectivity index (χ1v) is 10.3. The second-order valence-electron chi connectivity index (χ2n) is 6.63. The van der Waals surface area contributed by atoms with E-state index in [2.05, 4.69) is 0 Å². The van der Waals surface area contributed by atoms with Crippen molar-refractivity contribution in [2.75, 3.05) is 33.9 Å². The van der Waals surface area contributed by atoms with Crippen molar-refractivity contribution < 1.29 is 28.5 Å². The van der Waals surface area contributed by atoms with E-state index in [1.54, 1.807) is 33.1 Å². The van der Waals surface area contributed by atoms with Crippen LogP contribution in [0.25, 0.3) is 0 Å². The summed E-state index contributed by atoms with van der Waals surface area (Å²) in [5.41, 5.74) is 1.80. The number of nitrogens with zero attached hydrogens (tertiary/aromatic N) is 1. The van der Waals surface area contributed by atoms with Crippen LogP contribution >= 0.6 is 11.8 Å². The molecule has 8 heteroatoms. The van der Waals surface area contributed by atoms with Crippen molar-refractivity contribution in [1.29, 1.82) is 0 Å². The first kappa shape index (κ1) is 19.6. The summed E-state index contributed by atoms with van der Waals surface area (Å²) in [4.78, 5) is 14.7. The van der Waals surface area contributed by atoms with Gasteiger partial charge in [-0.1, -0.05) is 6.07 Å². The van der Waals surface area contributed by atoms with Gasteiger partial charge in [-0.15, -0.1) is 11.8 Å². The molecule has 2 aromatic carbocycles. The molecule has 1 fully saturated rings. The predicted molar refractivity (Wildman–Crippen MR) is 109 cm³/mol. The Morgan fingerprint density at radius 1 is 1.03 bits per heavy atom. The molecule has 2 aliphatic heterocycles. The molecule has 0 aromatic heterocycles. The van der Waals surface area contributed by atoms with Gasteiger partial charge in [0.25, 0.3) is 0 Å². The molecule has 1 atom stereocenters. The van der Waals surface area contributed by atoms with Crippen LogP contribution in [-0.4, -0.2) is 44.7 Å². The van der Waals surface area contributed by atoms with Crippen molar-refractivity contribution in [1.82, 2.24) is 4.90 Å². The van der Waals surface area contributed by atoms with Gasteiger partial charge < -0.3 is 28.6 Å².